The first-order valence-corrected chi connectivity index (χ1v) is 9.28. The van der Waals surface area contributed by atoms with Gasteiger partial charge in [0.2, 0.25) is 10.0 Å². The van der Waals surface area contributed by atoms with Crippen LogP contribution in [0.25, 0.3) is 0 Å². The van der Waals surface area contributed by atoms with Crippen LogP contribution in [0, 0.1) is 5.92 Å². The van der Waals surface area contributed by atoms with E-state index in [-0.39, 0.29) is 5.75 Å². The molecular weight excluding hydrogens is 274 g/mol. The normalized spacial score (nSPS) is 19.1. The van der Waals surface area contributed by atoms with E-state index in [1.54, 1.807) is 11.4 Å². The Hall–Kier alpha value is -0.170. The van der Waals surface area contributed by atoms with Crippen LogP contribution in [0.1, 0.15) is 33.1 Å². The summed E-state index contributed by atoms with van der Waals surface area (Å²) in [5.74, 6) is 0.760. The molecule has 6 heteroatoms. The molecule has 1 fully saturated rings. The molecular formula is C14H31N3O2S. The maximum Gasteiger partial charge on any atom is 0.213 e. The van der Waals surface area contributed by atoms with Crippen molar-refractivity contribution in [1.29, 1.82) is 0 Å². The third kappa shape index (κ3) is 6.52. The zero-order valence-corrected chi connectivity index (χ0v) is 14.2. The number of rotatable bonds is 8. The van der Waals surface area contributed by atoms with Crippen LogP contribution in [0.5, 0.6) is 0 Å². The van der Waals surface area contributed by atoms with Gasteiger partial charge in [0.05, 0.1) is 5.75 Å². The van der Waals surface area contributed by atoms with E-state index in [0.717, 1.165) is 32.5 Å². The summed E-state index contributed by atoms with van der Waals surface area (Å²) >= 11 is 0. The number of sulfonamides is 1. The van der Waals surface area contributed by atoms with Crippen molar-refractivity contribution in [3.05, 3.63) is 0 Å². The average Bonchev–Trinajstić information content (AvgIpc) is 2.37. The van der Waals surface area contributed by atoms with Crippen LogP contribution in [0.15, 0.2) is 0 Å². The SMILES string of the molecule is CC(C)NCCCS(=O)(=O)N(C)CC1CCN(C)CC1. The summed E-state index contributed by atoms with van der Waals surface area (Å²) in [4.78, 5) is 2.31. The maximum atomic E-state index is 12.2. The monoisotopic (exact) mass is 305 g/mol. The molecule has 0 bridgehead atoms. The van der Waals surface area contributed by atoms with Crippen molar-refractivity contribution in [1.82, 2.24) is 14.5 Å². The maximum absolute atomic E-state index is 12.2. The fourth-order valence-electron chi connectivity index (χ4n) is 2.52. The largest absolute Gasteiger partial charge is 0.314 e. The zero-order chi connectivity index (χ0) is 15.2. The molecule has 0 unspecified atom stereocenters. The third-order valence-corrected chi connectivity index (χ3v) is 5.86. The molecule has 0 radical (unpaired) electrons. The number of hydrogen-bond donors (Lipinski definition) is 1. The molecule has 1 rings (SSSR count). The Balaban J connectivity index is 2.31. The molecule has 1 heterocycles. The molecule has 0 atom stereocenters. The first-order valence-electron chi connectivity index (χ1n) is 7.67. The lowest BCUT2D eigenvalue weighted by Crippen LogP contribution is -2.39. The van der Waals surface area contributed by atoms with Crippen molar-refractivity contribution in [2.24, 2.45) is 5.92 Å². The van der Waals surface area contributed by atoms with Crippen LogP contribution >= 0.6 is 0 Å². The molecule has 0 amide bonds. The lowest BCUT2D eigenvalue weighted by atomic mass is 9.97. The van der Waals surface area contributed by atoms with Gasteiger partial charge in [0, 0.05) is 19.6 Å². The number of nitrogens with one attached hydrogen (secondary N) is 1. The number of nitrogens with zero attached hydrogens (tertiary/aromatic N) is 2. The van der Waals surface area contributed by atoms with Crippen molar-refractivity contribution in [3.8, 4) is 0 Å². The van der Waals surface area contributed by atoms with Crippen LogP contribution in [0.4, 0.5) is 0 Å². The zero-order valence-electron chi connectivity index (χ0n) is 13.4. The summed E-state index contributed by atoms with van der Waals surface area (Å²) in [7, 11) is 0.758. The van der Waals surface area contributed by atoms with E-state index in [4.69, 9.17) is 0 Å². The summed E-state index contributed by atoms with van der Waals surface area (Å²) < 4.78 is 26.0. The minimum atomic E-state index is -3.09. The lowest BCUT2D eigenvalue weighted by molar-refractivity contribution is 0.202. The van der Waals surface area contributed by atoms with Gasteiger partial charge in [0.25, 0.3) is 0 Å². The van der Waals surface area contributed by atoms with Crippen molar-refractivity contribution >= 4 is 10.0 Å². The van der Waals surface area contributed by atoms with Gasteiger partial charge in [-0.3, -0.25) is 0 Å². The lowest BCUT2D eigenvalue weighted by Gasteiger charge is -2.31. The third-order valence-electron chi connectivity index (χ3n) is 3.96. The Kier molecular flexibility index (Phi) is 7.43. The van der Waals surface area contributed by atoms with E-state index < -0.39 is 10.0 Å². The predicted molar refractivity (Wildman–Crippen MR) is 84.4 cm³/mol. The second-order valence-electron chi connectivity index (χ2n) is 6.31. The highest BCUT2D eigenvalue weighted by molar-refractivity contribution is 7.89. The highest BCUT2D eigenvalue weighted by Gasteiger charge is 2.23. The van der Waals surface area contributed by atoms with Crippen LogP contribution in [-0.4, -0.2) is 69.7 Å². The Morgan fingerprint density at radius 3 is 2.45 bits per heavy atom. The van der Waals surface area contributed by atoms with Crippen LogP contribution in [-0.2, 0) is 10.0 Å². The Morgan fingerprint density at radius 2 is 1.90 bits per heavy atom. The number of piperidine rings is 1. The van der Waals surface area contributed by atoms with E-state index in [0.29, 0.717) is 24.9 Å². The minimum absolute atomic E-state index is 0.246. The van der Waals surface area contributed by atoms with E-state index in [1.165, 1.54) is 0 Å². The number of hydrogen-bond acceptors (Lipinski definition) is 4. The van der Waals surface area contributed by atoms with Gasteiger partial charge in [0.15, 0.2) is 0 Å². The van der Waals surface area contributed by atoms with Crippen molar-refractivity contribution in [2.45, 2.75) is 39.2 Å². The van der Waals surface area contributed by atoms with Crippen molar-refractivity contribution in [2.75, 3.05) is 46.0 Å². The van der Waals surface area contributed by atoms with Gasteiger partial charge in [0.1, 0.15) is 0 Å². The van der Waals surface area contributed by atoms with Crippen LogP contribution < -0.4 is 5.32 Å². The average molecular weight is 305 g/mol. The molecule has 1 saturated heterocycles. The summed E-state index contributed by atoms with van der Waals surface area (Å²) in [6, 6.07) is 0.412. The Bertz CT molecular complexity index is 363. The molecule has 1 N–H and O–H groups in total. The highest BCUT2D eigenvalue weighted by atomic mass is 32.2. The molecule has 0 aromatic rings. The van der Waals surface area contributed by atoms with Gasteiger partial charge in [-0.25, -0.2) is 12.7 Å². The molecule has 1 aliphatic heterocycles. The molecule has 0 aliphatic carbocycles. The van der Waals surface area contributed by atoms with E-state index in [2.05, 4.69) is 31.1 Å². The van der Waals surface area contributed by atoms with Crippen LogP contribution in [0.2, 0.25) is 0 Å². The van der Waals surface area contributed by atoms with E-state index in [9.17, 15) is 8.42 Å². The predicted octanol–water partition coefficient (Wildman–Crippen LogP) is 0.978. The summed E-state index contributed by atoms with van der Waals surface area (Å²) in [6.07, 6.45) is 2.88. The second-order valence-corrected chi connectivity index (χ2v) is 8.50. The molecule has 0 saturated carbocycles. The smallest absolute Gasteiger partial charge is 0.213 e. The summed E-state index contributed by atoms with van der Waals surface area (Å²) in [6.45, 7) is 7.74. The fourth-order valence-corrected chi connectivity index (χ4v) is 3.78. The fraction of sp³-hybridized carbons (Fsp3) is 1.00. The van der Waals surface area contributed by atoms with Gasteiger partial charge in [-0.05, 0) is 51.9 Å². The quantitative estimate of drug-likeness (QED) is 0.679. The van der Waals surface area contributed by atoms with Gasteiger partial charge < -0.3 is 10.2 Å². The summed E-state index contributed by atoms with van der Waals surface area (Å²) in [5.41, 5.74) is 0. The van der Waals surface area contributed by atoms with Crippen molar-refractivity contribution in [3.63, 3.8) is 0 Å². The molecule has 120 valence electrons. The topological polar surface area (TPSA) is 52.7 Å². The molecule has 20 heavy (non-hydrogen) atoms. The van der Waals surface area contributed by atoms with Gasteiger partial charge in [-0.2, -0.15) is 0 Å². The van der Waals surface area contributed by atoms with Crippen molar-refractivity contribution < 1.29 is 8.42 Å². The summed E-state index contributed by atoms with van der Waals surface area (Å²) in [5, 5.41) is 3.25. The molecule has 5 nitrogen and oxygen atoms in total. The molecule has 0 aromatic carbocycles. The van der Waals surface area contributed by atoms with E-state index >= 15 is 0 Å². The Morgan fingerprint density at radius 1 is 1.30 bits per heavy atom. The molecule has 0 spiro atoms. The first kappa shape index (κ1) is 17.9. The standard InChI is InChI=1S/C14H31N3O2S/c1-13(2)15-8-5-11-20(18,19)17(4)12-14-6-9-16(3)10-7-14/h13-15H,5-12H2,1-4H3. The van der Waals surface area contributed by atoms with Gasteiger partial charge in [-0.1, -0.05) is 13.8 Å². The highest BCUT2D eigenvalue weighted by Crippen LogP contribution is 2.18. The first-order chi connectivity index (χ1) is 9.31. The van der Waals surface area contributed by atoms with Gasteiger partial charge >= 0.3 is 0 Å². The second kappa shape index (κ2) is 8.32. The molecule has 0 aromatic heterocycles. The molecule has 1 aliphatic rings. The Labute approximate surface area is 124 Å². The number of likely N-dealkylation sites (tertiary alicyclic amines) is 1. The van der Waals surface area contributed by atoms with E-state index in [1.807, 2.05) is 0 Å². The van der Waals surface area contributed by atoms with Crippen LogP contribution in [0.3, 0.4) is 0 Å². The minimum Gasteiger partial charge on any atom is -0.314 e. The van der Waals surface area contributed by atoms with Gasteiger partial charge in [-0.15, -0.1) is 0 Å².